The molecular weight excluding hydrogens is 220 g/mol. The molecule has 2 rings (SSSR count). The van der Waals surface area contributed by atoms with Gasteiger partial charge in [-0.3, -0.25) is 4.90 Å². The molecule has 1 aliphatic carbocycles. The van der Waals surface area contributed by atoms with Crippen LogP contribution in [0, 0.1) is 11.3 Å². The summed E-state index contributed by atoms with van der Waals surface area (Å²) in [6.45, 7) is 5.67. The van der Waals surface area contributed by atoms with E-state index in [0.717, 1.165) is 37.0 Å². The molecule has 1 fully saturated rings. The number of allylic oxidation sites excluding steroid dienone is 3. The van der Waals surface area contributed by atoms with Crippen LogP contribution in [0.3, 0.4) is 0 Å². The number of hydrogen-bond acceptors (Lipinski definition) is 2. The fourth-order valence-electron chi connectivity index (χ4n) is 3.35. The third kappa shape index (κ3) is 2.84. The lowest BCUT2D eigenvalue weighted by atomic mass is 9.99. The van der Waals surface area contributed by atoms with E-state index in [2.05, 4.69) is 37.0 Å². The van der Waals surface area contributed by atoms with Gasteiger partial charge in [0, 0.05) is 24.2 Å². The van der Waals surface area contributed by atoms with Crippen LogP contribution in [0.25, 0.3) is 0 Å². The smallest absolute Gasteiger partial charge is 0.0988 e. The summed E-state index contributed by atoms with van der Waals surface area (Å²) in [6, 6.07) is 3.79. The van der Waals surface area contributed by atoms with E-state index < -0.39 is 0 Å². The summed E-state index contributed by atoms with van der Waals surface area (Å²) < 4.78 is 0. The molecule has 0 aromatic carbocycles. The van der Waals surface area contributed by atoms with Gasteiger partial charge in [0.25, 0.3) is 0 Å². The fraction of sp³-hybridized carbons (Fsp3) is 0.688. The van der Waals surface area contributed by atoms with Crippen LogP contribution >= 0.6 is 0 Å². The average Bonchev–Trinajstić information content (AvgIpc) is 2.81. The molecule has 0 N–H and O–H groups in total. The standard InChI is InChI=1S/C16H24N2/c1-3-15-8-9-16(4-2)18(15)12-14-7-5-6-13(10-14)11-17/h6,10,15-16H,3-5,7-9,12H2,1-2H3. The second kappa shape index (κ2) is 6.20. The van der Waals surface area contributed by atoms with Crippen LogP contribution in [0.15, 0.2) is 23.3 Å². The van der Waals surface area contributed by atoms with Crippen LogP contribution in [0.5, 0.6) is 0 Å². The highest BCUT2D eigenvalue weighted by atomic mass is 15.2. The van der Waals surface area contributed by atoms with Crippen LogP contribution in [-0.2, 0) is 0 Å². The minimum atomic E-state index is 0.757. The van der Waals surface area contributed by atoms with Crippen molar-refractivity contribution in [2.45, 2.75) is 64.5 Å². The largest absolute Gasteiger partial charge is 0.294 e. The zero-order valence-corrected chi connectivity index (χ0v) is 11.7. The van der Waals surface area contributed by atoms with E-state index in [4.69, 9.17) is 5.26 Å². The Kier molecular flexibility index (Phi) is 4.60. The van der Waals surface area contributed by atoms with Crippen LogP contribution in [0.4, 0.5) is 0 Å². The van der Waals surface area contributed by atoms with Crippen molar-refractivity contribution in [3.8, 4) is 6.07 Å². The molecule has 0 amide bonds. The SMILES string of the molecule is CCC1CCC(CC)N1CC1=CC(C#N)=CCC1. The summed E-state index contributed by atoms with van der Waals surface area (Å²) in [4.78, 5) is 2.69. The predicted molar refractivity (Wildman–Crippen MR) is 75.1 cm³/mol. The zero-order chi connectivity index (χ0) is 13.0. The van der Waals surface area contributed by atoms with Crippen molar-refractivity contribution < 1.29 is 0 Å². The molecule has 0 radical (unpaired) electrons. The van der Waals surface area contributed by atoms with Gasteiger partial charge in [-0.25, -0.2) is 0 Å². The van der Waals surface area contributed by atoms with Gasteiger partial charge in [0.2, 0.25) is 0 Å². The van der Waals surface area contributed by atoms with Gasteiger partial charge in [-0.2, -0.15) is 5.26 Å². The Morgan fingerprint density at radius 1 is 1.28 bits per heavy atom. The normalized spacial score (nSPS) is 28.7. The highest BCUT2D eigenvalue weighted by Crippen LogP contribution is 2.30. The summed E-state index contributed by atoms with van der Waals surface area (Å²) in [5, 5.41) is 8.99. The lowest BCUT2D eigenvalue weighted by Crippen LogP contribution is -2.37. The van der Waals surface area contributed by atoms with Crippen molar-refractivity contribution in [2.24, 2.45) is 0 Å². The van der Waals surface area contributed by atoms with Crippen molar-refractivity contribution >= 4 is 0 Å². The van der Waals surface area contributed by atoms with E-state index in [1.807, 2.05) is 0 Å². The molecule has 0 aromatic heterocycles. The van der Waals surface area contributed by atoms with Gasteiger partial charge in [-0.05, 0) is 44.6 Å². The number of rotatable bonds is 4. The number of nitriles is 1. The molecule has 18 heavy (non-hydrogen) atoms. The predicted octanol–water partition coefficient (Wildman–Crippen LogP) is 3.81. The Morgan fingerprint density at radius 3 is 2.50 bits per heavy atom. The van der Waals surface area contributed by atoms with Gasteiger partial charge in [-0.1, -0.05) is 25.5 Å². The summed E-state index contributed by atoms with van der Waals surface area (Å²) in [5.41, 5.74) is 2.31. The van der Waals surface area contributed by atoms with Gasteiger partial charge >= 0.3 is 0 Å². The van der Waals surface area contributed by atoms with Crippen molar-refractivity contribution in [2.75, 3.05) is 6.54 Å². The van der Waals surface area contributed by atoms with Crippen LogP contribution in [0.2, 0.25) is 0 Å². The van der Waals surface area contributed by atoms with Crippen LogP contribution in [-0.4, -0.2) is 23.5 Å². The Labute approximate surface area is 111 Å². The molecule has 2 unspecified atom stereocenters. The van der Waals surface area contributed by atoms with Crippen molar-refractivity contribution in [1.82, 2.24) is 4.90 Å². The first-order valence-electron chi connectivity index (χ1n) is 7.33. The quantitative estimate of drug-likeness (QED) is 0.752. The van der Waals surface area contributed by atoms with Crippen LogP contribution in [0.1, 0.15) is 52.4 Å². The zero-order valence-electron chi connectivity index (χ0n) is 11.7. The van der Waals surface area contributed by atoms with E-state index in [0.29, 0.717) is 0 Å². The van der Waals surface area contributed by atoms with E-state index in [1.165, 1.54) is 31.3 Å². The molecule has 2 aliphatic rings. The van der Waals surface area contributed by atoms with E-state index in [9.17, 15) is 0 Å². The number of hydrogen-bond donors (Lipinski definition) is 0. The Hall–Kier alpha value is -1.07. The summed E-state index contributed by atoms with van der Waals surface area (Å²) in [7, 11) is 0. The van der Waals surface area contributed by atoms with Gasteiger partial charge < -0.3 is 0 Å². The molecule has 0 spiro atoms. The number of nitrogens with zero attached hydrogens (tertiary/aromatic N) is 2. The molecule has 0 aromatic rings. The second-order valence-corrected chi connectivity index (χ2v) is 5.49. The van der Waals surface area contributed by atoms with Gasteiger partial charge in [-0.15, -0.1) is 0 Å². The van der Waals surface area contributed by atoms with Crippen molar-refractivity contribution in [1.29, 1.82) is 5.26 Å². The summed E-state index contributed by atoms with van der Waals surface area (Å²) >= 11 is 0. The van der Waals surface area contributed by atoms with Gasteiger partial charge in [0.15, 0.2) is 0 Å². The first-order valence-corrected chi connectivity index (χ1v) is 7.33. The van der Waals surface area contributed by atoms with Gasteiger partial charge in [0.05, 0.1) is 6.07 Å². The summed E-state index contributed by atoms with van der Waals surface area (Å²) in [5.74, 6) is 0. The molecule has 1 saturated heterocycles. The Balaban J connectivity index is 2.05. The molecule has 98 valence electrons. The first-order chi connectivity index (χ1) is 8.78. The lowest BCUT2D eigenvalue weighted by molar-refractivity contribution is 0.199. The minimum Gasteiger partial charge on any atom is -0.294 e. The lowest BCUT2D eigenvalue weighted by Gasteiger charge is -2.30. The van der Waals surface area contributed by atoms with Crippen LogP contribution < -0.4 is 0 Å². The monoisotopic (exact) mass is 244 g/mol. The fourth-order valence-corrected chi connectivity index (χ4v) is 3.35. The molecule has 1 aliphatic heterocycles. The Morgan fingerprint density at radius 2 is 1.94 bits per heavy atom. The van der Waals surface area contributed by atoms with Crippen molar-refractivity contribution in [3.63, 3.8) is 0 Å². The van der Waals surface area contributed by atoms with Gasteiger partial charge in [0.1, 0.15) is 0 Å². The number of likely N-dealkylation sites (tertiary alicyclic amines) is 1. The maximum absolute atomic E-state index is 8.99. The molecular formula is C16H24N2. The third-order valence-electron chi connectivity index (χ3n) is 4.42. The minimum absolute atomic E-state index is 0.757. The Bertz CT molecular complexity index is 374. The molecule has 2 heteroatoms. The maximum Gasteiger partial charge on any atom is 0.0988 e. The molecule has 1 heterocycles. The molecule has 2 nitrogen and oxygen atoms in total. The molecule has 0 bridgehead atoms. The molecule has 2 atom stereocenters. The molecule has 0 saturated carbocycles. The van der Waals surface area contributed by atoms with E-state index in [1.54, 1.807) is 0 Å². The third-order valence-corrected chi connectivity index (χ3v) is 4.42. The summed E-state index contributed by atoms with van der Waals surface area (Å²) in [6.07, 6.45) is 11.6. The highest BCUT2D eigenvalue weighted by molar-refractivity contribution is 5.38. The second-order valence-electron chi connectivity index (χ2n) is 5.49. The van der Waals surface area contributed by atoms with E-state index >= 15 is 0 Å². The highest BCUT2D eigenvalue weighted by Gasteiger charge is 2.31. The van der Waals surface area contributed by atoms with Crippen molar-refractivity contribution in [3.05, 3.63) is 23.3 Å². The average molecular weight is 244 g/mol. The topological polar surface area (TPSA) is 27.0 Å². The maximum atomic E-state index is 8.99. The van der Waals surface area contributed by atoms with E-state index in [-0.39, 0.29) is 0 Å². The first kappa shape index (κ1) is 13.4.